The van der Waals surface area contributed by atoms with Gasteiger partial charge < -0.3 is 4.74 Å². The second-order valence-corrected chi connectivity index (χ2v) is 7.43. The van der Waals surface area contributed by atoms with Gasteiger partial charge in [0, 0.05) is 10.4 Å². The van der Waals surface area contributed by atoms with Crippen LogP contribution in [-0.4, -0.2) is 17.8 Å². The van der Waals surface area contributed by atoms with Crippen LogP contribution in [0.4, 0.5) is 0 Å². The molecule has 0 unspecified atom stereocenters. The van der Waals surface area contributed by atoms with Crippen LogP contribution in [-0.2, 0) is 0 Å². The minimum atomic E-state index is 0.630. The van der Waals surface area contributed by atoms with E-state index < -0.39 is 0 Å². The van der Waals surface area contributed by atoms with Crippen LogP contribution in [0.3, 0.4) is 0 Å². The second-order valence-electron chi connectivity index (χ2n) is 6.16. The summed E-state index contributed by atoms with van der Waals surface area (Å²) in [5.74, 6) is 0.784. The highest BCUT2D eigenvalue weighted by molar-refractivity contribution is 7.80. The van der Waals surface area contributed by atoms with Crippen molar-refractivity contribution in [3.63, 3.8) is 0 Å². The zero-order chi connectivity index (χ0) is 19.5. The van der Waals surface area contributed by atoms with Crippen molar-refractivity contribution in [2.45, 2.75) is 26.7 Å². The molecule has 0 aliphatic heterocycles. The van der Waals surface area contributed by atoms with E-state index in [2.05, 4.69) is 43.5 Å². The van der Waals surface area contributed by atoms with Crippen LogP contribution < -0.4 is 4.74 Å². The quantitative estimate of drug-likeness (QED) is 0.199. The monoisotopic (exact) mass is 396 g/mol. The van der Waals surface area contributed by atoms with Crippen LogP contribution >= 0.6 is 23.6 Å². The summed E-state index contributed by atoms with van der Waals surface area (Å²) in [5, 5.41) is 4.11. The maximum Gasteiger partial charge on any atom is 0.150 e. The lowest BCUT2D eigenvalue weighted by Gasteiger charge is -2.06. The highest BCUT2D eigenvalue weighted by Crippen LogP contribution is 2.14. The van der Waals surface area contributed by atoms with Gasteiger partial charge in [-0.3, -0.25) is 4.79 Å². The molecule has 2 nitrogen and oxygen atoms in total. The minimum Gasteiger partial charge on any atom is -0.494 e. The highest BCUT2D eigenvalue weighted by atomic mass is 32.1. The molecular weight excluding hydrogens is 372 g/mol. The maximum absolute atomic E-state index is 10.5. The number of ether oxygens (including phenoxy) is 1. The first-order valence-corrected chi connectivity index (χ1v) is 10.2. The van der Waals surface area contributed by atoms with Gasteiger partial charge in [0.25, 0.3) is 0 Å². The smallest absolute Gasteiger partial charge is 0.150 e. The number of aryl methyl sites for hydroxylation is 2. The molecule has 1 aromatic heterocycles. The molecule has 0 saturated carbocycles. The molecule has 1 heterocycles. The number of thiophene rings is 1. The first-order chi connectivity index (χ1) is 13.1. The van der Waals surface area contributed by atoms with Crippen molar-refractivity contribution in [1.29, 1.82) is 0 Å². The zero-order valence-corrected chi connectivity index (χ0v) is 17.3. The van der Waals surface area contributed by atoms with Gasteiger partial charge in [-0.25, -0.2) is 0 Å². The van der Waals surface area contributed by atoms with E-state index >= 15 is 0 Å². The van der Waals surface area contributed by atoms with E-state index in [1.165, 1.54) is 11.1 Å². The molecule has 0 spiro atoms. The third-order valence-electron chi connectivity index (χ3n) is 4.10. The molecule has 0 saturated heterocycles. The van der Waals surface area contributed by atoms with Crippen molar-refractivity contribution in [2.75, 3.05) is 6.61 Å². The van der Waals surface area contributed by atoms with Crippen LogP contribution in [0.1, 0.15) is 39.9 Å². The fraction of sp³-hybridized carbons (Fsp3) is 0.217. The molecular formula is C23H24O2S2. The van der Waals surface area contributed by atoms with Crippen molar-refractivity contribution in [1.82, 2.24) is 0 Å². The van der Waals surface area contributed by atoms with Crippen molar-refractivity contribution in [3.8, 4) is 5.75 Å². The fourth-order valence-corrected chi connectivity index (χ4v) is 3.31. The molecule has 0 radical (unpaired) electrons. The largest absolute Gasteiger partial charge is 0.494 e. The van der Waals surface area contributed by atoms with Crippen molar-refractivity contribution < 1.29 is 9.53 Å². The van der Waals surface area contributed by atoms with Crippen molar-refractivity contribution in [3.05, 3.63) is 87.6 Å². The molecule has 3 aromatic rings. The van der Waals surface area contributed by atoms with E-state index in [-0.39, 0.29) is 0 Å². The lowest BCUT2D eigenvalue weighted by molar-refractivity contribution is 0.112. The molecule has 3 rings (SSSR count). The lowest BCUT2D eigenvalue weighted by atomic mass is 10.1. The summed E-state index contributed by atoms with van der Waals surface area (Å²) in [6, 6.07) is 17.5. The van der Waals surface area contributed by atoms with Gasteiger partial charge in [-0.05, 0) is 84.5 Å². The molecule has 0 N–H and O–H groups in total. The first kappa shape index (κ1) is 21.0. The fourth-order valence-electron chi connectivity index (χ4n) is 2.30. The van der Waals surface area contributed by atoms with Gasteiger partial charge in [0.2, 0.25) is 0 Å². The molecule has 2 aromatic carbocycles. The number of benzene rings is 2. The number of hydrogen-bond acceptors (Lipinski definition) is 4. The Morgan fingerprint density at radius 2 is 1.70 bits per heavy atom. The number of thiocarbonyl (C=S) groups is 1. The van der Waals surface area contributed by atoms with E-state index in [4.69, 9.17) is 17.0 Å². The summed E-state index contributed by atoms with van der Waals surface area (Å²) in [7, 11) is 0. The SMILES string of the molecule is Cc1ccccc1C.O=Cc1ccc(OCCCC(=S)c2ccsc2)cc1. The third-order valence-corrected chi connectivity index (χ3v) is 5.22. The molecule has 27 heavy (non-hydrogen) atoms. The van der Waals surface area contributed by atoms with E-state index in [0.717, 1.165) is 35.3 Å². The molecule has 0 amide bonds. The number of hydrogen-bond donors (Lipinski definition) is 0. The molecule has 0 fully saturated rings. The molecule has 0 aliphatic carbocycles. The van der Waals surface area contributed by atoms with Gasteiger partial charge >= 0.3 is 0 Å². The molecule has 0 bridgehead atoms. The molecule has 4 heteroatoms. The Hall–Kier alpha value is -2.30. The Bertz CT molecular complexity index is 816. The van der Waals surface area contributed by atoms with Gasteiger partial charge in [-0.15, -0.1) is 0 Å². The average Bonchev–Trinajstić information content (AvgIpc) is 3.23. The highest BCUT2D eigenvalue weighted by Gasteiger charge is 2.02. The third kappa shape index (κ3) is 7.45. The van der Waals surface area contributed by atoms with E-state index in [1.807, 2.05) is 11.4 Å². The standard InChI is InChI=1S/C15H14O2S2.C8H10/c16-10-12-3-5-14(6-4-12)17-8-1-2-15(18)13-7-9-19-11-13;1-7-5-3-4-6-8(7)2/h3-7,9-11H,1-2,8H2;3-6H,1-2H3. The Labute approximate surface area is 170 Å². The summed E-state index contributed by atoms with van der Waals surface area (Å²) in [5.41, 5.74) is 4.54. The summed E-state index contributed by atoms with van der Waals surface area (Å²) in [6.45, 7) is 4.87. The van der Waals surface area contributed by atoms with Gasteiger partial charge in [-0.1, -0.05) is 36.5 Å². The van der Waals surface area contributed by atoms with E-state index in [1.54, 1.807) is 35.6 Å². The van der Waals surface area contributed by atoms with Gasteiger partial charge in [0.1, 0.15) is 12.0 Å². The number of aldehydes is 1. The zero-order valence-electron chi connectivity index (χ0n) is 15.7. The second kappa shape index (κ2) is 11.4. The maximum atomic E-state index is 10.5. The predicted octanol–water partition coefficient (Wildman–Crippen LogP) is 6.44. The first-order valence-electron chi connectivity index (χ1n) is 8.86. The number of carbonyl (C=O) groups is 1. The number of carbonyl (C=O) groups excluding carboxylic acids is 1. The van der Waals surface area contributed by atoms with Crippen LogP contribution in [0.15, 0.2) is 65.4 Å². The molecule has 0 atom stereocenters. The van der Waals surface area contributed by atoms with E-state index in [9.17, 15) is 4.79 Å². The van der Waals surface area contributed by atoms with Crippen molar-refractivity contribution >= 4 is 34.7 Å². The topological polar surface area (TPSA) is 26.3 Å². The van der Waals surface area contributed by atoms with E-state index in [0.29, 0.717) is 12.2 Å². The Kier molecular flexibility index (Phi) is 8.89. The molecule has 140 valence electrons. The van der Waals surface area contributed by atoms with Gasteiger partial charge in [0.05, 0.1) is 6.61 Å². The van der Waals surface area contributed by atoms with Crippen LogP contribution in [0.25, 0.3) is 0 Å². The lowest BCUT2D eigenvalue weighted by Crippen LogP contribution is -2.02. The van der Waals surface area contributed by atoms with Crippen LogP contribution in [0.2, 0.25) is 0 Å². The average molecular weight is 397 g/mol. The summed E-state index contributed by atoms with van der Waals surface area (Å²) >= 11 is 7.01. The van der Waals surface area contributed by atoms with Crippen molar-refractivity contribution in [2.24, 2.45) is 0 Å². The molecule has 0 aliphatic rings. The van der Waals surface area contributed by atoms with Gasteiger partial charge in [0.15, 0.2) is 0 Å². The van der Waals surface area contributed by atoms with Gasteiger partial charge in [-0.2, -0.15) is 11.3 Å². The Morgan fingerprint density at radius 1 is 1.04 bits per heavy atom. The predicted molar refractivity (Wildman–Crippen MR) is 118 cm³/mol. The number of rotatable bonds is 7. The summed E-state index contributed by atoms with van der Waals surface area (Å²) in [4.78, 5) is 11.5. The van der Waals surface area contributed by atoms with Crippen LogP contribution in [0.5, 0.6) is 5.75 Å². The summed E-state index contributed by atoms with van der Waals surface area (Å²) in [6.07, 6.45) is 2.58. The Balaban J connectivity index is 0.000000273. The normalized spacial score (nSPS) is 9.85. The Morgan fingerprint density at radius 3 is 2.22 bits per heavy atom. The van der Waals surface area contributed by atoms with Crippen LogP contribution in [0, 0.1) is 13.8 Å². The summed E-state index contributed by atoms with van der Waals surface area (Å²) < 4.78 is 5.60. The minimum absolute atomic E-state index is 0.630.